The zero-order valence-corrected chi connectivity index (χ0v) is 8.53. The minimum atomic E-state index is 0.744. The van der Waals surface area contributed by atoms with E-state index >= 15 is 0 Å². The number of carbonyl (C=O) groups excluding carboxylic acids is 1. The smallest absolute Gasteiger partial charge is 0.150 e. The largest absolute Gasteiger partial charge is 0.298 e. The summed E-state index contributed by atoms with van der Waals surface area (Å²) in [4.78, 5) is 10.8. The van der Waals surface area contributed by atoms with Crippen LogP contribution in [-0.2, 0) is 7.05 Å². The molecule has 0 fully saturated rings. The second kappa shape index (κ2) is 2.94. The fourth-order valence-electron chi connectivity index (χ4n) is 1.62. The van der Waals surface area contributed by atoms with Gasteiger partial charge >= 0.3 is 0 Å². The highest BCUT2D eigenvalue weighted by atomic mass is 16.1. The lowest BCUT2D eigenvalue weighted by Gasteiger charge is -1.97. The average molecular weight is 188 g/mol. The van der Waals surface area contributed by atoms with E-state index in [1.54, 1.807) is 0 Å². The van der Waals surface area contributed by atoms with Crippen LogP contribution in [0.25, 0.3) is 10.9 Å². The first-order chi connectivity index (χ1) is 6.63. The van der Waals surface area contributed by atoms with Crippen molar-refractivity contribution in [1.29, 1.82) is 0 Å². The first-order valence-corrected chi connectivity index (χ1v) is 4.52. The number of aldehydes is 1. The molecule has 3 nitrogen and oxygen atoms in total. The number of fused-ring (bicyclic) bond motifs is 1. The summed E-state index contributed by atoms with van der Waals surface area (Å²) >= 11 is 0. The van der Waals surface area contributed by atoms with Gasteiger partial charge in [-0.15, -0.1) is 0 Å². The van der Waals surface area contributed by atoms with E-state index in [1.807, 2.05) is 37.7 Å². The Morgan fingerprint density at radius 3 is 2.71 bits per heavy atom. The van der Waals surface area contributed by atoms with Crippen LogP contribution >= 0.6 is 0 Å². The number of aryl methyl sites for hydroxylation is 3. The fraction of sp³-hybridized carbons (Fsp3) is 0.273. The summed E-state index contributed by atoms with van der Waals surface area (Å²) in [5, 5.41) is 5.41. The highest BCUT2D eigenvalue weighted by molar-refractivity contribution is 5.90. The van der Waals surface area contributed by atoms with Gasteiger partial charge in [-0.2, -0.15) is 5.10 Å². The SMILES string of the molecule is Cc1cc2nn(C)c(C)c2cc1C=O. The van der Waals surface area contributed by atoms with E-state index in [1.165, 1.54) is 0 Å². The fourth-order valence-corrected chi connectivity index (χ4v) is 1.62. The Hall–Kier alpha value is -1.64. The first-order valence-electron chi connectivity index (χ1n) is 4.52. The standard InChI is InChI=1S/C11H12N2O/c1-7-4-11-10(5-9(7)6-14)8(2)13(3)12-11/h4-6H,1-3H3. The molecule has 14 heavy (non-hydrogen) atoms. The molecule has 0 aliphatic carbocycles. The maximum Gasteiger partial charge on any atom is 0.150 e. The van der Waals surface area contributed by atoms with Gasteiger partial charge in [0, 0.05) is 23.7 Å². The number of benzene rings is 1. The van der Waals surface area contributed by atoms with Gasteiger partial charge in [-0.05, 0) is 31.5 Å². The summed E-state index contributed by atoms with van der Waals surface area (Å²) in [6.07, 6.45) is 0.890. The molecule has 0 aliphatic heterocycles. The molecule has 0 unspecified atom stereocenters. The van der Waals surface area contributed by atoms with Gasteiger partial charge in [-0.25, -0.2) is 0 Å². The molecule has 1 aromatic carbocycles. The first kappa shape index (κ1) is 8.94. The van der Waals surface area contributed by atoms with E-state index in [-0.39, 0.29) is 0 Å². The van der Waals surface area contributed by atoms with Crippen LogP contribution in [0.4, 0.5) is 0 Å². The molecule has 0 radical (unpaired) electrons. The maximum atomic E-state index is 10.8. The predicted molar refractivity (Wildman–Crippen MR) is 55.6 cm³/mol. The van der Waals surface area contributed by atoms with E-state index in [4.69, 9.17) is 0 Å². The lowest BCUT2D eigenvalue weighted by molar-refractivity contribution is 0.112. The quantitative estimate of drug-likeness (QED) is 0.641. The lowest BCUT2D eigenvalue weighted by Crippen LogP contribution is -1.91. The summed E-state index contributed by atoms with van der Waals surface area (Å²) < 4.78 is 1.83. The Bertz CT molecular complexity index is 511. The molecule has 2 aromatic rings. The Labute approximate surface area is 82.3 Å². The number of rotatable bonds is 1. The van der Waals surface area contributed by atoms with E-state index in [0.717, 1.165) is 34.0 Å². The molecular formula is C11H12N2O. The third-order valence-electron chi connectivity index (χ3n) is 2.64. The maximum absolute atomic E-state index is 10.8. The average Bonchev–Trinajstić information content (AvgIpc) is 2.41. The molecule has 0 bridgehead atoms. The van der Waals surface area contributed by atoms with Gasteiger partial charge in [-0.1, -0.05) is 0 Å². The molecule has 0 amide bonds. The molecule has 2 rings (SSSR count). The molecule has 0 saturated heterocycles. The Balaban J connectivity index is 2.86. The van der Waals surface area contributed by atoms with Gasteiger partial charge < -0.3 is 0 Å². The summed E-state index contributed by atoms with van der Waals surface area (Å²) in [7, 11) is 1.91. The topological polar surface area (TPSA) is 34.9 Å². The van der Waals surface area contributed by atoms with Crippen molar-refractivity contribution in [2.75, 3.05) is 0 Å². The van der Waals surface area contributed by atoms with Crippen molar-refractivity contribution < 1.29 is 4.79 Å². The van der Waals surface area contributed by atoms with E-state index < -0.39 is 0 Å². The van der Waals surface area contributed by atoms with Crippen molar-refractivity contribution in [3.63, 3.8) is 0 Å². The normalized spacial score (nSPS) is 10.8. The Morgan fingerprint density at radius 2 is 2.07 bits per heavy atom. The third kappa shape index (κ3) is 1.13. The predicted octanol–water partition coefficient (Wildman–Crippen LogP) is 2.00. The van der Waals surface area contributed by atoms with Crippen LogP contribution in [0.2, 0.25) is 0 Å². The van der Waals surface area contributed by atoms with E-state index in [2.05, 4.69) is 5.10 Å². The van der Waals surface area contributed by atoms with Gasteiger partial charge in [0.05, 0.1) is 5.52 Å². The van der Waals surface area contributed by atoms with Crippen LogP contribution < -0.4 is 0 Å². The third-order valence-corrected chi connectivity index (χ3v) is 2.64. The lowest BCUT2D eigenvalue weighted by atomic mass is 10.1. The van der Waals surface area contributed by atoms with Gasteiger partial charge in [0.2, 0.25) is 0 Å². The molecule has 0 N–H and O–H groups in total. The number of hydrogen-bond donors (Lipinski definition) is 0. The molecule has 1 aromatic heterocycles. The molecule has 3 heteroatoms. The minimum absolute atomic E-state index is 0.744. The second-order valence-electron chi connectivity index (χ2n) is 3.55. The monoisotopic (exact) mass is 188 g/mol. The summed E-state index contributed by atoms with van der Waals surface area (Å²) in [5.74, 6) is 0. The van der Waals surface area contributed by atoms with Crippen molar-refractivity contribution in [2.45, 2.75) is 13.8 Å². The Kier molecular flexibility index (Phi) is 1.88. The van der Waals surface area contributed by atoms with Crippen molar-refractivity contribution >= 4 is 17.2 Å². The molecule has 0 spiro atoms. The van der Waals surface area contributed by atoms with Crippen LogP contribution in [0, 0.1) is 13.8 Å². The minimum Gasteiger partial charge on any atom is -0.298 e. The molecule has 0 aliphatic rings. The summed E-state index contributed by atoms with van der Waals surface area (Å²) in [6.45, 7) is 3.92. The number of nitrogens with zero attached hydrogens (tertiary/aromatic N) is 2. The van der Waals surface area contributed by atoms with Gasteiger partial charge in [0.15, 0.2) is 0 Å². The molecule has 0 saturated carbocycles. The zero-order valence-electron chi connectivity index (χ0n) is 8.53. The molecule has 72 valence electrons. The van der Waals surface area contributed by atoms with Crippen molar-refractivity contribution in [2.24, 2.45) is 7.05 Å². The molecular weight excluding hydrogens is 176 g/mol. The number of aromatic nitrogens is 2. The summed E-state index contributed by atoms with van der Waals surface area (Å²) in [6, 6.07) is 3.85. The highest BCUT2D eigenvalue weighted by Crippen LogP contribution is 2.20. The number of hydrogen-bond acceptors (Lipinski definition) is 2. The van der Waals surface area contributed by atoms with Crippen LogP contribution in [0.15, 0.2) is 12.1 Å². The van der Waals surface area contributed by atoms with Crippen molar-refractivity contribution in [3.8, 4) is 0 Å². The summed E-state index contributed by atoms with van der Waals surface area (Å²) in [5.41, 5.74) is 3.76. The number of carbonyl (C=O) groups is 1. The van der Waals surface area contributed by atoms with Crippen LogP contribution in [0.3, 0.4) is 0 Å². The van der Waals surface area contributed by atoms with E-state index in [0.29, 0.717) is 0 Å². The van der Waals surface area contributed by atoms with Crippen LogP contribution in [-0.4, -0.2) is 16.1 Å². The van der Waals surface area contributed by atoms with Crippen molar-refractivity contribution in [1.82, 2.24) is 9.78 Å². The van der Waals surface area contributed by atoms with E-state index in [9.17, 15) is 4.79 Å². The van der Waals surface area contributed by atoms with Crippen LogP contribution in [0.1, 0.15) is 21.6 Å². The van der Waals surface area contributed by atoms with Gasteiger partial charge in [0.1, 0.15) is 6.29 Å². The molecule has 1 heterocycles. The van der Waals surface area contributed by atoms with Gasteiger partial charge in [-0.3, -0.25) is 9.48 Å². The van der Waals surface area contributed by atoms with Gasteiger partial charge in [0.25, 0.3) is 0 Å². The second-order valence-corrected chi connectivity index (χ2v) is 3.55. The molecule has 0 atom stereocenters. The Morgan fingerprint density at radius 1 is 1.36 bits per heavy atom. The van der Waals surface area contributed by atoms with Crippen LogP contribution in [0.5, 0.6) is 0 Å². The van der Waals surface area contributed by atoms with Crippen molar-refractivity contribution in [3.05, 3.63) is 29.0 Å². The zero-order chi connectivity index (χ0) is 10.3. The highest BCUT2D eigenvalue weighted by Gasteiger charge is 2.07.